The van der Waals surface area contributed by atoms with Crippen LogP contribution in [0, 0.1) is 0 Å². The lowest BCUT2D eigenvalue weighted by molar-refractivity contribution is 0.0997. The summed E-state index contributed by atoms with van der Waals surface area (Å²) in [5.41, 5.74) is 7.30. The van der Waals surface area contributed by atoms with Gasteiger partial charge >= 0.3 is 0 Å². The molecular weight excluding hydrogens is 274 g/mol. The minimum absolute atomic E-state index is 0.246. The van der Waals surface area contributed by atoms with Crippen LogP contribution in [0.15, 0.2) is 53.1 Å². The normalized spacial score (nSPS) is 10.4. The van der Waals surface area contributed by atoms with Crippen LogP contribution in [-0.4, -0.2) is 10.9 Å². The Morgan fingerprint density at radius 1 is 1.20 bits per heavy atom. The predicted molar refractivity (Wildman–Crippen MR) is 78.6 cm³/mol. The summed E-state index contributed by atoms with van der Waals surface area (Å²) in [7, 11) is 0. The molecule has 0 bridgehead atoms. The Bertz CT molecular complexity index is 720. The number of hydrogen-bond acceptors (Lipinski definition) is 5. The minimum Gasteiger partial charge on any atom is -0.459 e. The molecule has 3 aromatic rings. The van der Waals surface area contributed by atoms with Gasteiger partial charge in [0, 0.05) is 5.56 Å². The van der Waals surface area contributed by atoms with Gasteiger partial charge in [0.05, 0.1) is 6.26 Å². The maximum Gasteiger partial charge on any atom is 0.292 e. The van der Waals surface area contributed by atoms with Crippen molar-refractivity contribution in [2.45, 2.75) is 0 Å². The maximum atomic E-state index is 12.0. The zero-order valence-corrected chi connectivity index (χ0v) is 11.2. The van der Waals surface area contributed by atoms with Gasteiger partial charge in [-0.15, -0.1) is 0 Å². The van der Waals surface area contributed by atoms with Gasteiger partial charge in [0.15, 0.2) is 10.9 Å². The van der Waals surface area contributed by atoms with Crippen molar-refractivity contribution < 1.29 is 9.21 Å². The number of nitrogens with one attached hydrogen (secondary N) is 1. The molecule has 0 aliphatic carbocycles. The van der Waals surface area contributed by atoms with Gasteiger partial charge < -0.3 is 15.5 Å². The molecule has 0 saturated carbocycles. The summed E-state index contributed by atoms with van der Waals surface area (Å²) in [5, 5.41) is 3.78. The molecule has 0 atom stereocenters. The van der Waals surface area contributed by atoms with E-state index in [1.807, 2.05) is 30.3 Å². The number of benzene rings is 1. The standard InChI is InChI=1S/C14H11N3O2S/c15-14-16-11(9-5-2-1-3-6-9)13(20-14)17-12(18)10-7-4-8-19-10/h1-8H,(H2,15,16)(H,17,18). The molecule has 0 aliphatic heterocycles. The van der Waals surface area contributed by atoms with E-state index >= 15 is 0 Å². The van der Waals surface area contributed by atoms with Crippen molar-refractivity contribution in [3.8, 4) is 11.3 Å². The average molecular weight is 285 g/mol. The second-order valence-electron chi connectivity index (χ2n) is 4.03. The largest absolute Gasteiger partial charge is 0.459 e. The topological polar surface area (TPSA) is 81.1 Å². The summed E-state index contributed by atoms with van der Waals surface area (Å²) in [6.45, 7) is 0. The smallest absolute Gasteiger partial charge is 0.292 e. The van der Waals surface area contributed by atoms with Gasteiger partial charge in [0.2, 0.25) is 0 Å². The summed E-state index contributed by atoms with van der Waals surface area (Å²) in [6.07, 6.45) is 1.45. The van der Waals surface area contributed by atoms with Crippen LogP contribution >= 0.6 is 11.3 Å². The number of amides is 1. The minimum atomic E-state index is -0.323. The molecule has 2 heterocycles. The van der Waals surface area contributed by atoms with Crippen LogP contribution in [0.2, 0.25) is 0 Å². The van der Waals surface area contributed by atoms with Gasteiger partial charge in [-0.05, 0) is 12.1 Å². The highest BCUT2D eigenvalue weighted by atomic mass is 32.1. The van der Waals surface area contributed by atoms with E-state index < -0.39 is 0 Å². The molecule has 2 aromatic heterocycles. The molecule has 3 rings (SSSR count). The Labute approximate surface area is 119 Å². The molecule has 0 fully saturated rings. The number of thiazole rings is 1. The Balaban J connectivity index is 1.93. The Kier molecular flexibility index (Phi) is 3.22. The summed E-state index contributed by atoms with van der Waals surface area (Å²) >= 11 is 1.23. The van der Waals surface area contributed by atoms with Gasteiger partial charge in [-0.1, -0.05) is 41.7 Å². The number of nitrogens with zero attached hydrogens (tertiary/aromatic N) is 1. The number of carbonyl (C=O) groups excluding carboxylic acids is 1. The van der Waals surface area contributed by atoms with E-state index in [9.17, 15) is 4.79 Å². The monoisotopic (exact) mass is 285 g/mol. The van der Waals surface area contributed by atoms with Crippen LogP contribution in [-0.2, 0) is 0 Å². The van der Waals surface area contributed by atoms with E-state index in [1.54, 1.807) is 12.1 Å². The van der Waals surface area contributed by atoms with Crippen molar-refractivity contribution in [2.24, 2.45) is 0 Å². The molecule has 0 saturated heterocycles. The highest BCUT2D eigenvalue weighted by Crippen LogP contribution is 2.34. The maximum absolute atomic E-state index is 12.0. The van der Waals surface area contributed by atoms with Gasteiger partial charge in [-0.3, -0.25) is 4.79 Å². The lowest BCUT2D eigenvalue weighted by Crippen LogP contribution is -2.10. The highest BCUT2D eigenvalue weighted by Gasteiger charge is 2.16. The average Bonchev–Trinajstić information content (AvgIpc) is 3.09. The second-order valence-corrected chi connectivity index (χ2v) is 5.06. The summed E-state index contributed by atoms with van der Waals surface area (Å²) < 4.78 is 5.06. The first kappa shape index (κ1) is 12.4. The van der Waals surface area contributed by atoms with Crippen LogP contribution in [0.3, 0.4) is 0 Å². The Morgan fingerprint density at radius 3 is 2.70 bits per heavy atom. The fraction of sp³-hybridized carbons (Fsp3) is 0. The van der Waals surface area contributed by atoms with Gasteiger partial charge in [0.25, 0.3) is 5.91 Å². The molecule has 100 valence electrons. The number of nitrogen functional groups attached to an aromatic ring is 1. The number of anilines is 2. The Morgan fingerprint density at radius 2 is 2.00 bits per heavy atom. The van der Waals surface area contributed by atoms with Crippen LogP contribution in [0.5, 0.6) is 0 Å². The number of hydrogen-bond donors (Lipinski definition) is 2. The van der Waals surface area contributed by atoms with Crippen LogP contribution in [0.1, 0.15) is 10.6 Å². The summed E-state index contributed by atoms with van der Waals surface area (Å²) in [6, 6.07) is 12.8. The van der Waals surface area contributed by atoms with E-state index in [0.29, 0.717) is 15.8 Å². The van der Waals surface area contributed by atoms with Crippen molar-refractivity contribution >= 4 is 27.4 Å². The lowest BCUT2D eigenvalue weighted by Gasteiger charge is -2.03. The van der Waals surface area contributed by atoms with E-state index in [4.69, 9.17) is 10.2 Å². The Hall–Kier alpha value is -2.60. The molecule has 0 aliphatic rings. The number of carbonyl (C=O) groups is 1. The molecule has 6 heteroatoms. The molecule has 0 radical (unpaired) electrons. The number of rotatable bonds is 3. The van der Waals surface area contributed by atoms with Gasteiger partial charge in [-0.25, -0.2) is 4.98 Å². The molecule has 0 unspecified atom stereocenters. The first-order valence-corrected chi connectivity index (χ1v) is 6.72. The second kappa shape index (κ2) is 5.18. The molecular formula is C14H11N3O2S. The predicted octanol–water partition coefficient (Wildman–Crippen LogP) is 3.24. The summed E-state index contributed by atoms with van der Waals surface area (Å²) in [5.74, 6) is -0.0770. The fourth-order valence-electron chi connectivity index (χ4n) is 1.79. The van der Waals surface area contributed by atoms with Crippen molar-refractivity contribution in [1.82, 2.24) is 4.98 Å². The molecule has 20 heavy (non-hydrogen) atoms. The van der Waals surface area contributed by atoms with Crippen LogP contribution in [0.25, 0.3) is 11.3 Å². The van der Waals surface area contributed by atoms with Gasteiger partial charge in [0.1, 0.15) is 10.7 Å². The zero-order valence-electron chi connectivity index (χ0n) is 10.4. The first-order valence-electron chi connectivity index (χ1n) is 5.90. The molecule has 1 aromatic carbocycles. The van der Waals surface area contributed by atoms with Crippen molar-refractivity contribution in [1.29, 1.82) is 0 Å². The summed E-state index contributed by atoms with van der Waals surface area (Å²) in [4.78, 5) is 16.3. The number of nitrogens with two attached hydrogens (primary N) is 1. The van der Waals surface area contributed by atoms with Crippen LogP contribution < -0.4 is 11.1 Å². The van der Waals surface area contributed by atoms with E-state index in [-0.39, 0.29) is 11.7 Å². The number of furan rings is 1. The third kappa shape index (κ3) is 2.41. The van der Waals surface area contributed by atoms with E-state index in [2.05, 4.69) is 10.3 Å². The van der Waals surface area contributed by atoms with Crippen LogP contribution in [0.4, 0.5) is 10.1 Å². The third-order valence-electron chi connectivity index (χ3n) is 2.66. The van der Waals surface area contributed by atoms with Crippen molar-refractivity contribution in [2.75, 3.05) is 11.1 Å². The molecule has 3 N–H and O–H groups in total. The molecule has 5 nitrogen and oxygen atoms in total. The fourth-order valence-corrected chi connectivity index (χ4v) is 2.54. The number of aromatic nitrogens is 1. The molecule has 1 amide bonds. The van der Waals surface area contributed by atoms with Crippen molar-refractivity contribution in [3.05, 3.63) is 54.5 Å². The third-order valence-corrected chi connectivity index (χ3v) is 3.46. The van der Waals surface area contributed by atoms with E-state index in [1.165, 1.54) is 17.6 Å². The lowest BCUT2D eigenvalue weighted by atomic mass is 10.2. The quantitative estimate of drug-likeness (QED) is 0.774. The first-order chi connectivity index (χ1) is 9.74. The highest BCUT2D eigenvalue weighted by molar-refractivity contribution is 7.20. The van der Waals surface area contributed by atoms with Gasteiger partial charge in [-0.2, -0.15) is 0 Å². The van der Waals surface area contributed by atoms with Crippen molar-refractivity contribution in [3.63, 3.8) is 0 Å². The van der Waals surface area contributed by atoms with E-state index in [0.717, 1.165) is 5.56 Å². The zero-order chi connectivity index (χ0) is 13.9. The SMILES string of the molecule is Nc1nc(-c2ccccc2)c(NC(=O)c2ccco2)s1. The molecule has 0 spiro atoms.